The maximum absolute atomic E-state index is 14.1. The molecule has 0 aliphatic carbocycles. The Labute approximate surface area is 194 Å². The number of nitrogens with two attached hydrogens (primary N) is 1. The molecule has 2 atom stereocenters. The van der Waals surface area contributed by atoms with Crippen LogP contribution in [0.2, 0.25) is 0 Å². The summed E-state index contributed by atoms with van der Waals surface area (Å²) in [6, 6.07) is 6.16. The van der Waals surface area contributed by atoms with Gasteiger partial charge in [0.25, 0.3) is 0 Å². The number of aliphatic hydroxyl groups is 2. The number of nitrogens with one attached hydrogen (secondary N) is 2. The van der Waals surface area contributed by atoms with Crippen LogP contribution in [-0.4, -0.2) is 26.8 Å². The first kappa shape index (κ1) is 22.8. The van der Waals surface area contributed by atoms with E-state index in [2.05, 4.69) is 20.8 Å². The predicted molar refractivity (Wildman–Crippen MR) is 124 cm³/mol. The van der Waals surface area contributed by atoms with Crippen LogP contribution in [0, 0.1) is 12.7 Å². The smallest absolute Gasteiger partial charge is 0.166 e. The van der Waals surface area contributed by atoms with Gasteiger partial charge in [0.15, 0.2) is 11.6 Å². The molecule has 0 radical (unpaired) electrons. The summed E-state index contributed by atoms with van der Waals surface area (Å²) in [6.45, 7) is 4.66. The molecule has 1 aliphatic heterocycles. The summed E-state index contributed by atoms with van der Waals surface area (Å²) < 4.78 is 20.2. The Hall–Kier alpha value is -3.41. The first-order chi connectivity index (χ1) is 15.7. The summed E-state index contributed by atoms with van der Waals surface area (Å²) in [5.41, 5.74) is 13.3. The van der Waals surface area contributed by atoms with Crippen molar-refractivity contribution < 1.29 is 19.3 Å². The number of hydrogen-bond donors (Lipinski definition) is 5. The second-order valence-corrected chi connectivity index (χ2v) is 8.86. The van der Waals surface area contributed by atoms with E-state index < -0.39 is 18.3 Å². The number of nitrogen functional groups attached to an aromatic ring is 1. The van der Waals surface area contributed by atoms with Crippen molar-refractivity contribution in [2.45, 2.75) is 32.5 Å². The van der Waals surface area contributed by atoms with Crippen molar-refractivity contribution in [2.75, 3.05) is 17.5 Å². The average molecular weight is 473 g/mol. The maximum atomic E-state index is 14.1. The van der Waals surface area contributed by atoms with E-state index in [-0.39, 0.29) is 11.6 Å². The molecular formula is C22H25FN6O3S. The number of benzene rings is 1. The number of aliphatic hydroxyl groups excluding tert-OH is 1. The minimum atomic E-state index is -1.44. The van der Waals surface area contributed by atoms with Crippen LogP contribution in [0.3, 0.4) is 0 Å². The van der Waals surface area contributed by atoms with Gasteiger partial charge in [0, 0.05) is 29.7 Å². The number of pyridine rings is 1. The molecule has 1 aliphatic rings. The molecule has 6 N–H and O–H groups in total. The van der Waals surface area contributed by atoms with E-state index in [1.807, 2.05) is 6.92 Å². The summed E-state index contributed by atoms with van der Waals surface area (Å²) in [6.07, 6.45) is 4.46. The van der Waals surface area contributed by atoms with Crippen LogP contribution in [0.4, 0.5) is 15.9 Å². The molecule has 11 heteroatoms. The predicted octanol–water partition coefficient (Wildman–Crippen LogP) is 2.88. The average Bonchev–Trinajstić information content (AvgIpc) is 3.45. The quantitative estimate of drug-likeness (QED) is 0.352. The Morgan fingerprint density at radius 3 is 2.73 bits per heavy atom. The molecule has 0 spiro atoms. The van der Waals surface area contributed by atoms with Crippen molar-refractivity contribution in [2.24, 2.45) is 0 Å². The lowest BCUT2D eigenvalue weighted by molar-refractivity contribution is -0.00251. The van der Waals surface area contributed by atoms with E-state index in [4.69, 9.17) is 10.5 Å². The first-order valence-corrected chi connectivity index (χ1v) is 11.0. The van der Waals surface area contributed by atoms with Crippen LogP contribution < -0.4 is 26.4 Å². The van der Waals surface area contributed by atoms with Crippen LogP contribution in [0.5, 0.6) is 5.75 Å². The Morgan fingerprint density at radius 2 is 2.03 bits per heavy atom. The lowest BCUT2D eigenvalue weighted by Gasteiger charge is -2.25. The van der Waals surface area contributed by atoms with Gasteiger partial charge >= 0.3 is 0 Å². The molecule has 0 fully saturated rings. The molecule has 4 rings (SSSR count). The molecular weight excluding hydrogens is 447 g/mol. The molecule has 9 nitrogen and oxygen atoms in total. The van der Waals surface area contributed by atoms with E-state index >= 15 is 0 Å². The summed E-state index contributed by atoms with van der Waals surface area (Å²) in [4.78, 5) is 9.42. The molecule has 3 heterocycles. The van der Waals surface area contributed by atoms with Gasteiger partial charge in [0.2, 0.25) is 0 Å². The first-order valence-electron chi connectivity index (χ1n) is 10.2. The van der Waals surface area contributed by atoms with Gasteiger partial charge in [-0.25, -0.2) is 14.4 Å². The summed E-state index contributed by atoms with van der Waals surface area (Å²) >= 11 is 1.26. The van der Waals surface area contributed by atoms with Gasteiger partial charge in [0.05, 0.1) is 22.9 Å². The van der Waals surface area contributed by atoms with Crippen molar-refractivity contribution in [3.8, 4) is 16.2 Å². The van der Waals surface area contributed by atoms with E-state index in [0.29, 0.717) is 33.3 Å². The second kappa shape index (κ2) is 8.85. The Kier molecular flexibility index (Phi) is 6.11. The lowest BCUT2D eigenvalue weighted by atomic mass is 10.1. The van der Waals surface area contributed by atoms with Gasteiger partial charge < -0.3 is 20.7 Å². The van der Waals surface area contributed by atoms with Crippen molar-refractivity contribution in [1.29, 1.82) is 0 Å². The number of halogens is 1. The van der Waals surface area contributed by atoms with Crippen molar-refractivity contribution in [3.05, 3.63) is 64.9 Å². The third-order valence-electron chi connectivity index (χ3n) is 5.17. The molecule has 0 saturated carbocycles. The van der Waals surface area contributed by atoms with Crippen LogP contribution in [-0.2, 0) is 5.60 Å². The normalized spacial score (nSPS) is 15.6. The summed E-state index contributed by atoms with van der Waals surface area (Å²) in [7, 11) is 0. The molecule has 1 aromatic carbocycles. The van der Waals surface area contributed by atoms with Crippen molar-refractivity contribution >= 4 is 22.8 Å². The second-order valence-electron chi connectivity index (χ2n) is 7.86. The number of anilines is 2. The number of nitrogens with zero attached hydrogens (tertiary/aromatic N) is 3. The highest BCUT2D eigenvalue weighted by atomic mass is 32.1. The van der Waals surface area contributed by atoms with E-state index in [1.54, 1.807) is 42.8 Å². The van der Waals surface area contributed by atoms with E-state index in [1.165, 1.54) is 30.4 Å². The van der Waals surface area contributed by atoms with Gasteiger partial charge in [-0.15, -0.1) is 11.3 Å². The zero-order valence-corrected chi connectivity index (χ0v) is 19.2. The van der Waals surface area contributed by atoms with Gasteiger partial charge in [0.1, 0.15) is 22.5 Å². The fourth-order valence-corrected chi connectivity index (χ4v) is 4.43. The topological polar surface area (TPSA) is 129 Å². The highest BCUT2D eigenvalue weighted by Crippen LogP contribution is 2.38. The Balaban J connectivity index is 1.65. The third kappa shape index (κ3) is 4.56. The van der Waals surface area contributed by atoms with Gasteiger partial charge in [-0.1, -0.05) is 0 Å². The molecule has 3 aromatic rings. The standard InChI is InChI=1S/C22H25FN6O3S/c1-12-19(33-21(28-12)22(3,31)11-30)14-8-18(20(24)25-10-14)32-13(2)16-9-15(23)4-5-17(16)29-26-6-7-27-29/h4-10,13,26-27,30-31H,11H2,1-3H3,(H2,24,25)/t13-,22-/m1/s1. The minimum Gasteiger partial charge on any atom is -0.482 e. The molecule has 0 unspecified atom stereocenters. The third-order valence-corrected chi connectivity index (χ3v) is 6.63. The maximum Gasteiger partial charge on any atom is 0.166 e. The van der Waals surface area contributed by atoms with Crippen LogP contribution >= 0.6 is 11.3 Å². The largest absolute Gasteiger partial charge is 0.482 e. The Bertz CT molecular complexity index is 1190. The monoisotopic (exact) mass is 472 g/mol. The van der Waals surface area contributed by atoms with E-state index in [0.717, 1.165) is 4.88 Å². The van der Waals surface area contributed by atoms with Gasteiger partial charge in [-0.05, 0) is 45.0 Å². The number of ether oxygens (including phenoxy) is 1. The summed E-state index contributed by atoms with van der Waals surface area (Å²) in [5, 5.41) is 21.8. The zero-order chi connectivity index (χ0) is 23.8. The highest BCUT2D eigenvalue weighted by molar-refractivity contribution is 7.15. The zero-order valence-electron chi connectivity index (χ0n) is 18.3. The number of hydrogen-bond acceptors (Lipinski definition) is 10. The fraction of sp³-hybridized carbons (Fsp3) is 0.273. The van der Waals surface area contributed by atoms with Gasteiger partial charge in [-0.3, -0.25) is 10.9 Å². The lowest BCUT2D eigenvalue weighted by Crippen LogP contribution is -2.38. The molecule has 0 amide bonds. The van der Waals surface area contributed by atoms with Crippen molar-refractivity contribution in [1.82, 2.24) is 20.8 Å². The molecule has 2 aromatic heterocycles. The number of aryl methyl sites for hydroxylation is 1. The van der Waals surface area contributed by atoms with Crippen LogP contribution in [0.15, 0.2) is 42.9 Å². The SMILES string of the molecule is Cc1nc([C@](C)(O)CO)sc1-c1cnc(N)c(O[C@H](C)c2cc(F)ccc2N2NC=CN2)c1. The van der Waals surface area contributed by atoms with Crippen LogP contribution in [0.1, 0.15) is 36.2 Å². The molecule has 0 saturated heterocycles. The molecule has 0 bridgehead atoms. The van der Waals surface area contributed by atoms with Gasteiger partial charge in [-0.2, -0.15) is 5.12 Å². The number of rotatable bonds is 7. The highest BCUT2D eigenvalue weighted by Gasteiger charge is 2.28. The molecule has 33 heavy (non-hydrogen) atoms. The minimum absolute atomic E-state index is 0.187. The Morgan fingerprint density at radius 1 is 1.30 bits per heavy atom. The molecule has 174 valence electrons. The number of aromatic nitrogens is 2. The van der Waals surface area contributed by atoms with E-state index in [9.17, 15) is 14.6 Å². The summed E-state index contributed by atoms with van der Waals surface area (Å²) in [5.74, 6) is 0.131. The fourth-order valence-electron chi connectivity index (χ4n) is 3.34. The van der Waals surface area contributed by atoms with Crippen LogP contribution in [0.25, 0.3) is 10.4 Å². The number of thiazole rings is 1. The number of hydrazine groups is 2. The van der Waals surface area contributed by atoms with Crippen molar-refractivity contribution in [3.63, 3.8) is 0 Å².